The van der Waals surface area contributed by atoms with Crippen LogP contribution in [0.5, 0.6) is 0 Å². The second-order valence-corrected chi connectivity index (χ2v) is 6.32. The predicted octanol–water partition coefficient (Wildman–Crippen LogP) is 0.415. The zero-order valence-electron chi connectivity index (χ0n) is 9.66. The molecular weight excluding hydrogens is 244 g/mol. The van der Waals surface area contributed by atoms with Crippen LogP contribution in [0.1, 0.15) is 26.2 Å². The Bertz CT molecular complexity index is 422. The third-order valence-electron chi connectivity index (χ3n) is 2.70. The summed E-state index contributed by atoms with van der Waals surface area (Å²) in [6, 6.07) is 1.72. The summed E-state index contributed by atoms with van der Waals surface area (Å²) in [6.07, 6.45) is 2.02. The van der Waals surface area contributed by atoms with Gasteiger partial charge in [-0.2, -0.15) is 9.57 Å². The summed E-state index contributed by atoms with van der Waals surface area (Å²) in [5.74, 6) is -0.942. The molecule has 1 atom stereocenters. The highest BCUT2D eigenvalue weighted by atomic mass is 32.2. The topological polar surface area (TPSA) is 98.5 Å². The number of carboxylic acid groups (broad SMARTS) is 1. The third-order valence-corrected chi connectivity index (χ3v) is 4.86. The molecule has 1 rings (SSSR count). The van der Waals surface area contributed by atoms with Crippen LogP contribution in [0, 0.1) is 17.2 Å². The van der Waals surface area contributed by atoms with E-state index in [1.54, 1.807) is 13.0 Å². The highest BCUT2D eigenvalue weighted by Crippen LogP contribution is 2.31. The van der Waals surface area contributed by atoms with Crippen LogP contribution in [0.15, 0.2) is 0 Å². The number of nitrogens with zero attached hydrogens (tertiary/aromatic N) is 2. The van der Waals surface area contributed by atoms with Gasteiger partial charge in [-0.15, -0.1) is 0 Å². The van der Waals surface area contributed by atoms with Crippen LogP contribution in [-0.2, 0) is 14.8 Å². The highest BCUT2D eigenvalue weighted by molar-refractivity contribution is 7.90. The maximum Gasteiger partial charge on any atom is 0.318 e. The summed E-state index contributed by atoms with van der Waals surface area (Å²) in [6.45, 7) is 1.26. The van der Waals surface area contributed by atoms with E-state index in [1.807, 2.05) is 0 Å². The molecular formula is C10H16N2O4S. The Labute approximate surface area is 101 Å². The molecule has 1 unspecified atom stereocenters. The minimum absolute atomic E-state index is 0.166. The molecule has 0 aliphatic heterocycles. The van der Waals surface area contributed by atoms with Gasteiger partial charge in [0.15, 0.2) is 5.25 Å². The molecule has 1 saturated carbocycles. The maximum atomic E-state index is 12.0. The number of rotatable bonds is 7. The molecule has 6 nitrogen and oxygen atoms in total. The van der Waals surface area contributed by atoms with Crippen molar-refractivity contribution in [3.63, 3.8) is 0 Å². The van der Waals surface area contributed by atoms with Gasteiger partial charge in [0.1, 0.15) is 6.54 Å². The van der Waals surface area contributed by atoms with E-state index in [4.69, 9.17) is 10.4 Å². The summed E-state index contributed by atoms with van der Waals surface area (Å²) >= 11 is 0. The second kappa shape index (κ2) is 5.47. The Balaban J connectivity index is 2.86. The maximum absolute atomic E-state index is 12.0. The van der Waals surface area contributed by atoms with E-state index in [2.05, 4.69) is 0 Å². The van der Waals surface area contributed by atoms with E-state index in [0.29, 0.717) is 0 Å². The van der Waals surface area contributed by atoms with E-state index >= 15 is 0 Å². The molecule has 0 aromatic heterocycles. The van der Waals surface area contributed by atoms with E-state index in [9.17, 15) is 13.2 Å². The van der Waals surface area contributed by atoms with Crippen molar-refractivity contribution in [2.45, 2.75) is 31.4 Å². The lowest BCUT2D eigenvalue weighted by molar-refractivity contribution is -0.137. The SMILES string of the molecule is CCC(C#N)S(=O)(=O)N(CC(=O)O)CC1CC1. The molecule has 0 spiro atoms. The summed E-state index contributed by atoms with van der Waals surface area (Å²) in [5.41, 5.74) is 0. The van der Waals surface area contributed by atoms with Gasteiger partial charge in [-0.3, -0.25) is 4.79 Å². The van der Waals surface area contributed by atoms with Crippen LogP contribution < -0.4 is 0 Å². The second-order valence-electron chi connectivity index (χ2n) is 4.20. The van der Waals surface area contributed by atoms with Crippen LogP contribution in [0.3, 0.4) is 0 Å². The van der Waals surface area contributed by atoms with Crippen LogP contribution in [0.4, 0.5) is 0 Å². The van der Waals surface area contributed by atoms with Gasteiger partial charge < -0.3 is 5.11 Å². The molecule has 1 aliphatic carbocycles. The number of nitriles is 1. The number of carboxylic acids is 1. The Hall–Kier alpha value is -1.13. The molecule has 0 radical (unpaired) electrons. The molecule has 1 N–H and O–H groups in total. The van der Waals surface area contributed by atoms with Crippen molar-refractivity contribution in [2.24, 2.45) is 5.92 Å². The van der Waals surface area contributed by atoms with Gasteiger partial charge in [-0.25, -0.2) is 8.42 Å². The lowest BCUT2D eigenvalue weighted by Gasteiger charge is -2.22. The fraction of sp³-hybridized carbons (Fsp3) is 0.800. The van der Waals surface area contributed by atoms with Gasteiger partial charge in [-0.05, 0) is 25.2 Å². The van der Waals surface area contributed by atoms with Crippen molar-refractivity contribution in [1.29, 1.82) is 5.26 Å². The summed E-state index contributed by atoms with van der Waals surface area (Å²) in [4.78, 5) is 10.7. The molecule has 17 heavy (non-hydrogen) atoms. The minimum Gasteiger partial charge on any atom is -0.480 e. The highest BCUT2D eigenvalue weighted by Gasteiger charge is 2.36. The molecule has 0 bridgehead atoms. The van der Waals surface area contributed by atoms with Crippen molar-refractivity contribution in [2.75, 3.05) is 13.1 Å². The summed E-state index contributed by atoms with van der Waals surface area (Å²) < 4.78 is 25.0. The van der Waals surface area contributed by atoms with Crippen molar-refractivity contribution in [1.82, 2.24) is 4.31 Å². The molecule has 96 valence electrons. The largest absolute Gasteiger partial charge is 0.480 e. The molecule has 0 aromatic rings. The van der Waals surface area contributed by atoms with Gasteiger partial charge in [0.25, 0.3) is 0 Å². The normalized spacial score (nSPS) is 17.7. The van der Waals surface area contributed by atoms with E-state index in [1.165, 1.54) is 0 Å². The van der Waals surface area contributed by atoms with Gasteiger partial charge in [0.05, 0.1) is 6.07 Å². The number of aliphatic carboxylic acids is 1. The lowest BCUT2D eigenvalue weighted by Crippen LogP contribution is -2.42. The number of carbonyl (C=O) groups is 1. The van der Waals surface area contributed by atoms with Crippen LogP contribution in [0.25, 0.3) is 0 Å². The first-order valence-corrected chi connectivity index (χ1v) is 7.02. The smallest absolute Gasteiger partial charge is 0.318 e. The first-order valence-electron chi connectivity index (χ1n) is 5.52. The summed E-state index contributed by atoms with van der Waals surface area (Å²) in [5, 5.41) is 16.4. The minimum atomic E-state index is -3.82. The third kappa shape index (κ3) is 3.68. The molecule has 1 fully saturated rings. The molecule has 0 heterocycles. The number of hydrogen-bond donors (Lipinski definition) is 1. The van der Waals surface area contributed by atoms with E-state index in [-0.39, 0.29) is 18.9 Å². The van der Waals surface area contributed by atoms with Crippen molar-refractivity contribution in [3.8, 4) is 6.07 Å². The predicted molar refractivity (Wildman–Crippen MR) is 60.5 cm³/mol. The first-order chi connectivity index (χ1) is 7.91. The number of sulfonamides is 1. The summed E-state index contributed by atoms with van der Waals surface area (Å²) in [7, 11) is -3.82. The average Bonchev–Trinajstić information content (AvgIpc) is 3.01. The van der Waals surface area contributed by atoms with Gasteiger partial charge in [-0.1, -0.05) is 6.92 Å². The van der Waals surface area contributed by atoms with Crippen LogP contribution >= 0.6 is 0 Å². The van der Waals surface area contributed by atoms with Crippen molar-refractivity contribution >= 4 is 16.0 Å². The van der Waals surface area contributed by atoms with Crippen LogP contribution in [0.2, 0.25) is 0 Å². The molecule has 1 aliphatic rings. The van der Waals surface area contributed by atoms with E-state index in [0.717, 1.165) is 17.1 Å². The monoisotopic (exact) mass is 260 g/mol. The molecule has 0 saturated heterocycles. The first kappa shape index (κ1) is 13.9. The Morgan fingerprint density at radius 3 is 2.53 bits per heavy atom. The molecule has 7 heteroatoms. The Kier molecular flexibility index (Phi) is 4.48. The Morgan fingerprint density at radius 1 is 1.59 bits per heavy atom. The Morgan fingerprint density at radius 2 is 2.18 bits per heavy atom. The zero-order valence-corrected chi connectivity index (χ0v) is 10.5. The van der Waals surface area contributed by atoms with Crippen LogP contribution in [-0.4, -0.2) is 42.1 Å². The fourth-order valence-electron chi connectivity index (χ4n) is 1.55. The van der Waals surface area contributed by atoms with Crippen molar-refractivity contribution in [3.05, 3.63) is 0 Å². The van der Waals surface area contributed by atoms with Gasteiger partial charge in [0.2, 0.25) is 10.0 Å². The number of hydrogen-bond acceptors (Lipinski definition) is 4. The fourth-order valence-corrected chi connectivity index (χ4v) is 3.17. The van der Waals surface area contributed by atoms with Crippen molar-refractivity contribution < 1.29 is 18.3 Å². The van der Waals surface area contributed by atoms with Gasteiger partial charge in [0, 0.05) is 6.54 Å². The molecule has 0 aromatic carbocycles. The lowest BCUT2D eigenvalue weighted by atomic mass is 10.4. The van der Waals surface area contributed by atoms with E-state index < -0.39 is 27.8 Å². The van der Waals surface area contributed by atoms with Gasteiger partial charge >= 0.3 is 5.97 Å². The molecule has 0 amide bonds. The average molecular weight is 260 g/mol. The standard InChI is InChI=1S/C10H16N2O4S/c1-2-9(5-11)17(15,16)12(7-10(13)14)6-8-3-4-8/h8-9H,2-4,6-7H2,1H3,(H,13,14). The quantitative estimate of drug-likeness (QED) is 0.715. The zero-order chi connectivity index (χ0) is 13.1.